The van der Waals surface area contributed by atoms with Crippen LogP contribution in [0.3, 0.4) is 0 Å². The van der Waals surface area contributed by atoms with Crippen LogP contribution in [0, 0.1) is 18.6 Å². The number of imidazole rings is 1. The summed E-state index contributed by atoms with van der Waals surface area (Å²) in [5, 5.41) is 0.0250. The first kappa shape index (κ1) is 10.1. The third kappa shape index (κ3) is 1.85. The number of halogens is 3. The van der Waals surface area contributed by atoms with E-state index in [0.29, 0.717) is 0 Å². The molecule has 2 aromatic rings. The van der Waals surface area contributed by atoms with Gasteiger partial charge in [-0.3, -0.25) is 0 Å². The van der Waals surface area contributed by atoms with Crippen LogP contribution in [-0.2, 0) is 0 Å². The summed E-state index contributed by atoms with van der Waals surface area (Å²) in [4.78, 5) is 6.62. The van der Waals surface area contributed by atoms with E-state index in [0.717, 1.165) is 17.8 Å². The molecular formula is C10H7ClF2N2. The van der Waals surface area contributed by atoms with Crippen molar-refractivity contribution in [1.82, 2.24) is 9.97 Å². The van der Waals surface area contributed by atoms with Crippen LogP contribution in [0.5, 0.6) is 0 Å². The molecule has 0 saturated carbocycles. The minimum absolute atomic E-state index is 0.0250. The fourth-order valence-corrected chi connectivity index (χ4v) is 1.50. The number of aromatic amines is 1. The van der Waals surface area contributed by atoms with Gasteiger partial charge in [0, 0.05) is 16.9 Å². The first-order valence-corrected chi connectivity index (χ1v) is 4.62. The molecule has 0 spiro atoms. The number of benzene rings is 1. The first-order chi connectivity index (χ1) is 7.08. The van der Waals surface area contributed by atoms with Gasteiger partial charge in [0.25, 0.3) is 0 Å². The number of nitrogens with one attached hydrogen (secondary N) is 1. The monoisotopic (exact) mass is 228 g/mol. The Morgan fingerprint density at radius 1 is 1.27 bits per heavy atom. The third-order valence-electron chi connectivity index (χ3n) is 1.95. The van der Waals surface area contributed by atoms with Gasteiger partial charge in [-0.05, 0) is 19.1 Å². The van der Waals surface area contributed by atoms with E-state index in [2.05, 4.69) is 9.97 Å². The summed E-state index contributed by atoms with van der Waals surface area (Å²) < 4.78 is 26.8. The Labute approximate surface area is 89.9 Å². The zero-order chi connectivity index (χ0) is 11.0. The van der Waals surface area contributed by atoms with E-state index in [4.69, 9.17) is 11.6 Å². The highest BCUT2D eigenvalue weighted by atomic mass is 35.5. The summed E-state index contributed by atoms with van der Waals surface area (Å²) in [6.45, 7) is 1.75. The molecule has 15 heavy (non-hydrogen) atoms. The number of hydrogen-bond acceptors (Lipinski definition) is 1. The number of rotatable bonds is 1. The van der Waals surface area contributed by atoms with Crippen molar-refractivity contribution in [3.63, 3.8) is 0 Å². The van der Waals surface area contributed by atoms with Gasteiger partial charge < -0.3 is 4.98 Å². The van der Waals surface area contributed by atoms with Gasteiger partial charge >= 0.3 is 0 Å². The molecule has 0 aliphatic carbocycles. The summed E-state index contributed by atoms with van der Waals surface area (Å²) in [5.74, 6) is -1.29. The molecule has 0 radical (unpaired) electrons. The lowest BCUT2D eigenvalue weighted by Gasteiger charge is -2.02. The molecule has 0 bridgehead atoms. The van der Waals surface area contributed by atoms with Crippen LogP contribution in [0.15, 0.2) is 18.3 Å². The Morgan fingerprint density at radius 3 is 2.33 bits per heavy atom. The molecule has 1 heterocycles. The summed E-state index contributed by atoms with van der Waals surface area (Å²) in [6, 6.07) is 2.11. The van der Waals surface area contributed by atoms with Crippen molar-refractivity contribution in [3.8, 4) is 11.4 Å². The maximum Gasteiger partial charge on any atom is 0.143 e. The van der Waals surface area contributed by atoms with Gasteiger partial charge in [-0.2, -0.15) is 0 Å². The molecule has 5 heteroatoms. The lowest BCUT2D eigenvalue weighted by Crippen LogP contribution is -1.92. The lowest BCUT2D eigenvalue weighted by atomic mass is 10.2. The second kappa shape index (κ2) is 3.62. The minimum Gasteiger partial charge on any atom is -0.342 e. The highest BCUT2D eigenvalue weighted by Crippen LogP contribution is 2.26. The average molecular weight is 229 g/mol. The van der Waals surface area contributed by atoms with Crippen molar-refractivity contribution < 1.29 is 8.78 Å². The molecule has 0 fully saturated rings. The second-order valence-electron chi connectivity index (χ2n) is 3.16. The molecule has 2 nitrogen and oxygen atoms in total. The number of aromatic nitrogens is 2. The van der Waals surface area contributed by atoms with Crippen molar-refractivity contribution in [3.05, 3.63) is 40.7 Å². The number of aryl methyl sites for hydroxylation is 1. The van der Waals surface area contributed by atoms with Crippen LogP contribution in [0.1, 0.15) is 5.69 Å². The van der Waals surface area contributed by atoms with E-state index in [1.54, 1.807) is 6.92 Å². The Morgan fingerprint density at radius 2 is 1.87 bits per heavy atom. The van der Waals surface area contributed by atoms with E-state index >= 15 is 0 Å². The third-order valence-corrected chi connectivity index (χ3v) is 2.16. The van der Waals surface area contributed by atoms with Gasteiger partial charge in [-0.25, -0.2) is 13.8 Å². The predicted octanol–water partition coefficient (Wildman–Crippen LogP) is 3.32. The summed E-state index contributed by atoms with van der Waals surface area (Å²) in [7, 11) is 0. The Hall–Kier alpha value is -1.42. The largest absolute Gasteiger partial charge is 0.342 e. The van der Waals surface area contributed by atoms with Gasteiger partial charge in [0.05, 0.1) is 5.56 Å². The van der Waals surface area contributed by atoms with Gasteiger partial charge in [-0.15, -0.1) is 0 Å². The molecule has 0 saturated heterocycles. The quantitative estimate of drug-likeness (QED) is 0.797. The van der Waals surface area contributed by atoms with E-state index in [-0.39, 0.29) is 16.4 Å². The molecule has 0 aliphatic heterocycles. The predicted molar refractivity (Wildman–Crippen MR) is 53.7 cm³/mol. The summed E-state index contributed by atoms with van der Waals surface area (Å²) >= 11 is 5.50. The highest BCUT2D eigenvalue weighted by Gasteiger charge is 2.15. The lowest BCUT2D eigenvalue weighted by molar-refractivity contribution is 0.588. The van der Waals surface area contributed by atoms with Crippen molar-refractivity contribution in [2.75, 3.05) is 0 Å². The van der Waals surface area contributed by atoms with Crippen LogP contribution >= 0.6 is 11.6 Å². The van der Waals surface area contributed by atoms with Crippen LogP contribution in [0.2, 0.25) is 5.02 Å². The van der Waals surface area contributed by atoms with E-state index in [1.807, 2.05) is 0 Å². The highest BCUT2D eigenvalue weighted by molar-refractivity contribution is 6.30. The number of hydrogen-bond donors (Lipinski definition) is 1. The minimum atomic E-state index is -0.727. The number of nitrogens with zero attached hydrogens (tertiary/aromatic N) is 1. The standard InChI is InChI=1S/C10H7ClF2N2/c1-5-4-14-10(15-5)9-7(12)2-6(11)3-8(9)13/h2-4H,1H3,(H,14,15). The molecular weight excluding hydrogens is 222 g/mol. The van der Waals surface area contributed by atoms with Crippen molar-refractivity contribution in [1.29, 1.82) is 0 Å². The van der Waals surface area contributed by atoms with Gasteiger partial charge in [0.2, 0.25) is 0 Å². The van der Waals surface area contributed by atoms with Crippen LogP contribution in [-0.4, -0.2) is 9.97 Å². The van der Waals surface area contributed by atoms with Gasteiger partial charge in [0.1, 0.15) is 17.5 Å². The second-order valence-corrected chi connectivity index (χ2v) is 3.60. The van der Waals surface area contributed by atoms with Crippen LogP contribution < -0.4 is 0 Å². The fourth-order valence-electron chi connectivity index (χ4n) is 1.31. The van der Waals surface area contributed by atoms with Gasteiger partial charge in [0.15, 0.2) is 0 Å². The molecule has 0 aliphatic rings. The average Bonchev–Trinajstić information content (AvgIpc) is 2.49. The Bertz CT molecular complexity index is 485. The normalized spacial score (nSPS) is 10.7. The zero-order valence-electron chi connectivity index (χ0n) is 7.81. The van der Waals surface area contributed by atoms with E-state index in [1.165, 1.54) is 6.20 Å². The SMILES string of the molecule is Cc1cnc(-c2c(F)cc(Cl)cc2F)[nH]1. The van der Waals surface area contributed by atoms with Gasteiger partial charge in [-0.1, -0.05) is 11.6 Å². The molecule has 0 unspecified atom stereocenters. The van der Waals surface area contributed by atoms with Crippen molar-refractivity contribution in [2.24, 2.45) is 0 Å². The van der Waals surface area contributed by atoms with E-state index < -0.39 is 11.6 Å². The zero-order valence-corrected chi connectivity index (χ0v) is 8.57. The van der Waals surface area contributed by atoms with E-state index in [9.17, 15) is 8.78 Å². The topological polar surface area (TPSA) is 28.7 Å². The summed E-state index contributed by atoms with van der Waals surface area (Å²) in [6.07, 6.45) is 1.50. The molecule has 1 aromatic carbocycles. The molecule has 1 aromatic heterocycles. The van der Waals surface area contributed by atoms with Crippen LogP contribution in [0.4, 0.5) is 8.78 Å². The van der Waals surface area contributed by atoms with Crippen molar-refractivity contribution >= 4 is 11.6 Å². The fraction of sp³-hybridized carbons (Fsp3) is 0.100. The smallest absolute Gasteiger partial charge is 0.143 e. The Balaban J connectivity index is 2.62. The first-order valence-electron chi connectivity index (χ1n) is 4.24. The Kier molecular flexibility index (Phi) is 2.44. The number of H-pyrrole nitrogens is 1. The molecule has 0 amide bonds. The maximum absolute atomic E-state index is 13.4. The summed E-state index contributed by atoms with van der Waals surface area (Å²) in [5.41, 5.74) is 0.547. The van der Waals surface area contributed by atoms with Crippen LogP contribution in [0.25, 0.3) is 11.4 Å². The molecule has 78 valence electrons. The molecule has 2 rings (SSSR count). The molecule has 1 N–H and O–H groups in total. The molecule has 0 atom stereocenters. The maximum atomic E-state index is 13.4. The van der Waals surface area contributed by atoms with Crippen molar-refractivity contribution in [2.45, 2.75) is 6.92 Å².